The molecule has 0 aliphatic heterocycles. The van der Waals surface area contributed by atoms with E-state index in [0.29, 0.717) is 17.1 Å². The third-order valence-corrected chi connectivity index (χ3v) is 4.32. The van der Waals surface area contributed by atoms with E-state index in [1.807, 2.05) is 0 Å². The fourth-order valence-corrected chi connectivity index (χ4v) is 2.66. The molecular weight excluding hydrogens is 431 g/mol. The lowest BCUT2D eigenvalue weighted by molar-refractivity contribution is -0.123. The zero-order valence-corrected chi connectivity index (χ0v) is 17.9. The lowest BCUT2D eigenvalue weighted by atomic mass is 10.2. The van der Waals surface area contributed by atoms with Gasteiger partial charge in [-0.3, -0.25) is 4.79 Å². The van der Waals surface area contributed by atoms with Crippen LogP contribution in [0.5, 0.6) is 23.0 Å². The van der Waals surface area contributed by atoms with Crippen molar-refractivity contribution in [3.05, 3.63) is 83.7 Å². The molecule has 3 aromatic rings. The van der Waals surface area contributed by atoms with E-state index in [1.54, 1.807) is 43.5 Å². The van der Waals surface area contributed by atoms with Gasteiger partial charge in [0.2, 0.25) is 0 Å². The number of halogens is 1. The molecule has 0 atom stereocenters. The first kappa shape index (κ1) is 23.3. The Labute approximate surface area is 189 Å². The quantitative estimate of drug-likeness (QED) is 0.231. The van der Waals surface area contributed by atoms with Crippen molar-refractivity contribution in [3.8, 4) is 23.0 Å². The van der Waals surface area contributed by atoms with Gasteiger partial charge >= 0.3 is 5.97 Å². The molecule has 0 aliphatic rings. The molecule has 8 nitrogen and oxygen atoms in total. The highest BCUT2D eigenvalue weighted by molar-refractivity contribution is 5.92. The van der Waals surface area contributed by atoms with Crippen LogP contribution in [0.3, 0.4) is 0 Å². The first-order valence-electron chi connectivity index (χ1n) is 9.73. The number of rotatable bonds is 9. The maximum atomic E-state index is 13.8. The van der Waals surface area contributed by atoms with Crippen molar-refractivity contribution in [2.75, 3.05) is 20.8 Å². The summed E-state index contributed by atoms with van der Waals surface area (Å²) < 4.78 is 34.7. The van der Waals surface area contributed by atoms with Crippen LogP contribution in [0, 0.1) is 5.82 Å². The maximum absolute atomic E-state index is 13.8. The third-order valence-electron chi connectivity index (χ3n) is 4.32. The summed E-state index contributed by atoms with van der Waals surface area (Å²) in [7, 11) is 2.96. The summed E-state index contributed by atoms with van der Waals surface area (Å²) >= 11 is 0. The minimum atomic E-state index is -0.850. The van der Waals surface area contributed by atoms with Gasteiger partial charge in [0.1, 0.15) is 17.3 Å². The number of hydrogen-bond acceptors (Lipinski definition) is 7. The smallest absolute Gasteiger partial charge is 0.346 e. The van der Waals surface area contributed by atoms with Crippen molar-refractivity contribution in [1.82, 2.24) is 5.43 Å². The number of benzene rings is 3. The minimum absolute atomic E-state index is 0.111. The van der Waals surface area contributed by atoms with E-state index in [9.17, 15) is 14.0 Å². The van der Waals surface area contributed by atoms with Crippen molar-refractivity contribution in [2.24, 2.45) is 5.10 Å². The topological polar surface area (TPSA) is 95.5 Å². The Morgan fingerprint density at radius 2 is 1.67 bits per heavy atom. The van der Waals surface area contributed by atoms with Crippen LogP contribution in [0.1, 0.15) is 15.9 Å². The second-order valence-corrected chi connectivity index (χ2v) is 6.54. The van der Waals surface area contributed by atoms with E-state index in [0.717, 1.165) is 0 Å². The van der Waals surface area contributed by atoms with Crippen molar-refractivity contribution in [3.63, 3.8) is 0 Å². The molecule has 0 aromatic heterocycles. The van der Waals surface area contributed by atoms with Gasteiger partial charge in [-0.15, -0.1) is 0 Å². The van der Waals surface area contributed by atoms with Crippen molar-refractivity contribution in [1.29, 1.82) is 0 Å². The fourth-order valence-electron chi connectivity index (χ4n) is 2.66. The van der Waals surface area contributed by atoms with E-state index in [4.69, 9.17) is 18.9 Å². The molecule has 0 saturated carbocycles. The molecule has 0 heterocycles. The van der Waals surface area contributed by atoms with Gasteiger partial charge in [-0.2, -0.15) is 5.10 Å². The van der Waals surface area contributed by atoms with E-state index in [1.165, 1.54) is 43.7 Å². The highest BCUT2D eigenvalue weighted by Gasteiger charge is 2.16. The van der Waals surface area contributed by atoms with Crippen LogP contribution in [-0.4, -0.2) is 38.9 Å². The predicted octanol–water partition coefficient (Wildman–Crippen LogP) is 3.59. The van der Waals surface area contributed by atoms with Gasteiger partial charge in [0, 0.05) is 0 Å². The summed E-state index contributed by atoms with van der Waals surface area (Å²) in [4.78, 5) is 24.1. The molecule has 0 fully saturated rings. The molecule has 1 N–H and O–H groups in total. The van der Waals surface area contributed by atoms with Gasteiger partial charge < -0.3 is 18.9 Å². The Balaban J connectivity index is 1.55. The molecule has 0 aliphatic carbocycles. The van der Waals surface area contributed by atoms with Gasteiger partial charge in [0.15, 0.2) is 18.1 Å². The zero-order valence-electron chi connectivity index (χ0n) is 17.9. The van der Waals surface area contributed by atoms with Gasteiger partial charge in [-0.1, -0.05) is 12.1 Å². The summed E-state index contributed by atoms with van der Waals surface area (Å²) in [6.07, 6.45) is 1.39. The number of hydrazone groups is 1. The number of methoxy groups -OCH3 is 2. The molecule has 0 spiro atoms. The molecule has 9 heteroatoms. The van der Waals surface area contributed by atoms with Crippen LogP contribution in [0.15, 0.2) is 71.8 Å². The Hall–Kier alpha value is -4.40. The van der Waals surface area contributed by atoms with Crippen molar-refractivity contribution >= 4 is 18.1 Å². The number of carbonyl (C=O) groups excluding carboxylic acids is 2. The predicted molar refractivity (Wildman–Crippen MR) is 119 cm³/mol. The number of hydrogen-bond donors (Lipinski definition) is 1. The highest BCUT2D eigenvalue weighted by atomic mass is 19.1. The lowest BCUT2D eigenvalue weighted by Crippen LogP contribution is -2.24. The van der Waals surface area contributed by atoms with Crippen molar-refractivity contribution in [2.45, 2.75) is 0 Å². The molecule has 0 saturated heterocycles. The average Bonchev–Trinajstić information content (AvgIpc) is 2.84. The van der Waals surface area contributed by atoms with Crippen LogP contribution >= 0.6 is 0 Å². The summed E-state index contributed by atoms with van der Waals surface area (Å²) in [6, 6.07) is 16.9. The molecule has 3 aromatic carbocycles. The number of amides is 1. The Morgan fingerprint density at radius 3 is 2.36 bits per heavy atom. The molecule has 33 heavy (non-hydrogen) atoms. The number of esters is 1. The molecule has 0 bridgehead atoms. The molecule has 0 unspecified atom stereocenters. The molecule has 170 valence electrons. The van der Waals surface area contributed by atoms with E-state index in [-0.39, 0.29) is 23.7 Å². The second-order valence-electron chi connectivity index (χ2n) is 6.54. The number of ether oxygens (including phenoxy) is 4. The van der Waals surface area contributed by atoms with Gasteiger partial charge in [-0.25, -0.2) is 14.6 Å². The highest BCUT2D eigenvalue weighted by Crippen LogP contribution is 2.28. The summed E-state index contributed by atoms with van der Waals surface area (Å²) in [6.45, 7) is -0.224. The second kappa shape index (κ2) is 11.3. The largest absolute Gasteiger partial charge is 0.497 e. The fraction of sp³-hybridized carbons (Fsp3) is 0.125. The minimum Gasteiger partial charge on any atom is -0.497 e. The number of nitrogens with zero attached hydrogens (tertiary/aromatic N) is 1. The summed E-state index contributed by atoms with van der Waals surface area (Å²) in [5, 5.41) is 3.87. The Kier molecular flexibility index (Phi) is 7.96. The van der Waals surface area contributed by atoms with E-state index in [2.05, 4.69) is 10.5 Å². The monoisotopic (exact) mass is 452 g/mol. The molecule has 0 radical (unpaired) electrons. The number of carbonyl (C=O) groups is 2. The molecular formula is C24H21FN2O6. The van der Waals surface area contributed by atoms with Crippen molar-refractivity contribution < 1.29 is 32.9 Å². The Bertz CT molecular complexity index is 1150. The SMILES string of the molecule is COc1ccc(OCC(=O)N/N=C/c2ccc(OC(=O)c3ccccc3F)c(OC)c2)cc1. The normalized spacial score (nSPS) is 10.5. The maximum Gasteiger partial charge on any atom is 0.346 e. The summed E-state index contributed by atoms with van der Waals surface area (Å²) in [5.41, 5.74) is 2.72. The van der Waals surface area contributed by atoms with Crippen LogP contribution in [0.25, 0.3) is 0 Å². The van der Waals surface area contributed by atoms with Crippen LogP contribution in [0.2, 0.25) is 0 Å². The first-order chi connectivity index (χ1) is 16.0. The standard InChI is InChI=1S/C24H21FN2O6/c1-30-17-8-10-18(11-9-17)32-15-23(28)27-26-14-16-7-12-21(22(13-16)31-2)33-24(29)19-5-3-4-6-20(19)25/h3-14H,15H2,1-2H3,(H,27,28)/b26-14+. The lowest BCUT2D eigenvalue weighted by Gasteiger charge is -2.10. The molecule has 1 amide bonds. The molecule has 3 rings (SSSR count). The zero-order chi connectivity index (χ0) is 23.6. The first-order valence-corrected chi connectivity index (χ1v) is 9.73. The van der Waals surface area contributed by atoms with E-state index >= 15 is 0 Å². The number of nitrogens with one attached hydrogen (secondary N) is 1. The van der Waals surface area contributed by atoms with Crippen LogP contribution in [-0.2, 0) is 4.79 Å². The van der Waals surface area contributed by atoms with Gasteiger partial charge in [0.25, 0.3) is 5.91 Å². The Morgan fingerprint density at radius 1 is 0.939 bits per heavy atom. The van der Waals surface area contributed by atoms with Gasteiger partial charge in [0.05, 0.1) is 26.0 Å². The summed E-state index contributed by atoms with van der Waals surface area (Å²) in [5.74, 6) is -0.448. The van der Waals surface area contributed by atoms with Crippen LogP contribution in [0.4, 0.5) is 4.39 Å². The van der Waals surface area contributed by atoms with Gasteiger partial charge in [-0.05, 0) is 60.2 Å². The van der Waals surface area contributed by atoms with E-state index < -0.39 is 17.7 Å². The average molecular weight is 452 g/mol. The third kappa shape index (κ3) is 6.54. The van der Waals surface area contributed by atoms with Crippen LogP contribution < -0.4 is 24.4 Å².